The third-order valence-corrected chi connectivity index (χ3v) is 3.51. The lowest BCUT2D eigenvalue weighted by Gasteiger charge is -2.05. The van der Waals surface area contributed by atoms with Crippen molar-refractivity contribution in [2.75, 3.05) is 11.9 Å². The van der Waals surface area contributed by atoms with Gasteiger partial charge in [-0.3, -0.25) is 0 Å². The van der Waals surface area contributed by atoms with Crippen molar-refractivity contribution in [3.8, 4) is 5.75 Å². The van der Waals surface area contributed by atoms with Crippen molar-refractivity contribution in [1.82, 2.24) is 9.97 Å². The molecule has 19 heavy (non-hydrogen) atoms. The average molecular weight is 271 g/mol. The van der Waals surface area contributed by atoms with Crippen LogP contribution in [0.5, 0.6) is 5.75 Å². The van der Waals surface area contributed by atoms with Gasteiger partial charge < -0.3 is 10.1 Å². The first-order chi connectivity index (χ1) is 9.35. The number of hydrogen-bond acceptors (Lipinski definition) is 5. The predicted octanol–water partition coefficient (Wildman–Crippen LogP) is 3.83. The van der Waals surface area contributed by atoms with Gasteiger partial charge in [-0.25, -0.2) is 4.98 Å². The zero-order valence-electron chi connectivity index (χ0n) is 10.5. The van der Waals surface area contributed by atoms with Gasteiger partial charge in [0, 0.05) is 11.9 Å². The first kappa shape index (κ1) is 11.9. The number of aromatic nitrogens is 2. The second-order valence-corrected chi connectivity index (χ2v) is 4.96. The number of ether oxygens (including phenoxy) is 1. The van der Waals surface area contributed by atoms with E-state index in [1.807, 2.05) is 43.3 Å². The lowest BCUT2D eigenvalue weighted by molar-refractivity contribution is 0.340. The Morgan fingerprint density at radius 3 is 2.79 bits per heavy atom. The van der Waals surface area contributed by atoms with Gasteiger partial charge in [-0.2, -0.15) is 4.98 Å². The molecule has 0 saturated carbocycles. The van der Waals surface area contributed by atoms with E-state index < -0.39 is 0 Å². The standard InChI is InChI=1S/C14H13N3OS/c1-2-18-11-7-5-10(6-8-11)16-14-17-13-12(19-14)4-3-9-15-13/h3-9H,2H2,1H3,(H,15,16,17). The smallest absolute Gasteiger partial charge is 0.189 e. The fourth-order valence-corrected chi connectivity index (χ4v) is 2.59. The van der Waals surface area contributed by atoms with Crippen molar-refractivity contribution in [1.29, 1.82) is 0 Å². The monoisotopic (exact) mass is 271 g/mol. The fourth-order valence-electron chi connectivity index (χ4n) is 1.75. The topological polar surface area (TPSA) is 47.0 Å². The lowest BCUT2D eigenvalue weighted by atomic mass is 10.3. The molecule has 0 fully saturated rings. The Balaban J connectivity index is 1.80. The first-order valence-corrected chi connectivity index (χ1v) is 6.88. The Morgan fingerprint density at radius 2 is 2.05 bits per heavy atom. The maximum Gasteiger partial charge on any atom is 0.189 e. The summed E-state index contributed by atoms with van der Waals surface area (Å²) in [5.74, 6) is 0.874. The van der Waals surface area contributed by atoms with Crippen LogP contribution in [0.25, 0.3) is 10.3 Å². The fraction of sp³-hybridized carbons (Fsp3) is 0.143. The average Bonchev–Trinajstić information content (AvgIpc) is 2.83. The van der Waals surface area contributed by atoms with Crippen molar-refractivity contribution < 1.29 is 4.74 Å². The zero-order chi connectivity index (χ0) is 13.1. The van der Waals surface area contributed by atoms with E-state index >= 15 is 0 Å². The minimum atomic E-state index is 0.677. The molecule has 0 aliphatic rings. The maximum absolute atomic E-state index is 5.41. The van der Waals surface area contributed by atoms with Crippen LogP contribution in [0, 0.1) is 0 Å². The van der Waals surface area contributed by atoms with Crippen LogP contribution in [-0.2, 0) is 0 Å². The highest BCUT2D eigenvalue weighted by Crippen LogP contribution is 2.27. The van der Waals surface area contributed by atoms with E-state index in [1.165, 1.54) is 0 Å². The Hall–Kier alpha value is -2.14. The zero-order valence-corrected chi connectivity index (χ0v) is 11.3. The van der Waals surface area contributed by atoms with Crippen molar-refractivity contribution in [2.45, 2.75) is 6.92 Å². The molecule has 0 amide bonds. The highest BCUT2D eigenvalue weighted by Gasteiger charge is 2.04. The third kappa shape index (κ3) is 2.66. The van der Waals surface area contributed by atoms with Gasteiger partial charge in [-0.1, -0.05) is 11.3 Å². The molecule has 0 radical (unpaired) electrons. The highest BCUT2D eigenvalue weighted by atomic mass is 32.1. The number of benzene rings is 1. The van der Waals surface area contributed by atoms with Crippen LogP contribution in [0.3, 0.4) is 0 Å². The van der Waals surface area contributed by atoms with E-state index in [9.17, 15) is 0 Å². The molecular weight excluding hydrogens is 258 g/mol. The molecule has 0 aliphatic carbocycles. The molecule has 0 spiro atoms. The number of thiazole rings is 1. The van der Waals surface area contributed by atoms with Crippen LogP contribution in [0.15, 0.2) is 42.6 Å². The summed E-state index contributed by atoms with van der Waals surface area (Å²) in [7, 11) is 0. The van der Waals surface area contributed by atoms with Gasteiger partial charge in [-0.05, 0) is 43.3 Å². The Bertz CT molecular complexity index is 645. The van der Waals surface area contributed by atoms with Gasteiger partial charge in [0.05, 0.1) is 11.3 Å². The number of pyridine rings is 1. The largest absolute Gasteiger partial charge is 0.494 e. The van der Waals surface area contributed by atoms with Crippen LogP contribution >= 0.6 is 11.3 Å². The summed E-state index contributed by atoms with van der Waals surface area (Å²) in [6.07, 6.45) is 1.75. The lowest BCUT2D eigenvalue weighted by Crippen LogP contribution is -1.92. The van der Waals surface area contributed by atoms with Gasteiger partial charge in [0.2, 0.25) is 0 Å². The molecular formula is C14H13N3OS. The molecule has 2 aromatic heterocycles. The maximum atomic E-state index is 5.41. The van der Waals surface area contributed by atoms with Crippen molar-refractivity contribution in [3.63, 3.8) is 0 Å². The summed E-state index contributed by atoms with van der Waals surface area (Å²) in [5.41, 5.74) is 1.77. The quantitative estimate of drug-likeness (QED) is 0.783. The van der Waals surface area contributed by atoms with E-state index in [0.29, 0.717) is 6.61 Å². The minimum Gasteiger partial charge on any atom is -0.494 e. The molecule has 1 N–H and O–H groups in total. The number of anilines is 2. The summed E-state index contributed by atoms with van der Waals surface area (Å²) >= 11 is 1.59. The third-order valence-electron chi connectivity index (χ3n) is 2.58. The summed E-state index contributed by atoms with van der Waals surface area (Å²) in [5, 5.41) is 4.12. The highest BCUT2D eigenvalue weighted by molar-refractivity contribution is 7.22. The molecule has 2 heterocycles. The summed E-state index contributed by atoms with van der Waals surface area (Å²) in [4.78, 5) is 8.65. The van der Waals surface area contributed by atoms with Crippen LogP contribution in [-0.4, -0.2) is 16.6 Å². The molecule has 0 unspecified atom stereocenters. The van der Waals surface area contributed by atoms with Gasteiger partial charge in [0.15, 0.2) is 10.8 Å². The second-order valence-electron chi connectivity index (χ2n) is 3.93. The van der Waals surface area contributed by atoms with Gasteiger partial charge in [-0.15, -0.1) is 0 Å². The van der Waals surface area contributed by atoms with E-state index in [2.05, 4.69) is 15.3 Å². The van der Waals surface area contributed by atoms with Crippen molar-refractivity contribution in [3.05, 3.63) is 42.6 Å². The Labute approximate surface area is 115 Å². The summed E-state index contributed by atoms with van der Waals surface area (Å²) < 4.78 is 6.49. The Morgan fingerprint density at radius 1 is 1.21 bits per heavy atom. The van der Waals surface area contributed by atoms with E-state index in [-0.39, 0.29) is 0 Å². The van der Waals surface area contributed by atoms with Crippen LogP contribution in [0.2, 0.25) is 0 Å². The number of fused-ring (bicyclic) bond motifs is 1. The summed E-state index contributed by atoms with van der Waals surface area (Å²) in [6, 6.07) is 11.8. The first-order valence-electron chi connectivity index (χ1n) is 6.06. The predicted molar refractivity (Wildman–Crippen MR) is 78.3 cm³/mol. The molecule has 3 aromatic rings. The van der Waals surface area contributed by atoms with Gasteiger partial charge in [0.25, 0.3) is 0 Å². The molecule has 5 heteroatoms. The molecule has 3 rings (SSSR count). The van der Waals surface area contributed by atoms with E-state index in [4.69, 9.17) is 4.74 Å². The molecule has 0 atom stereocenters. The molecule has 1 aromatic carbocycles. The Kier molecular flexibility index (Phi) is 3.29. The van der Waals surface area contributed by atoms with E-state index in [0.717, 1.165) is 26.9 Å². The molecule has 0 saturated heterocycles. The summed E-state index contributed by atoms with van der Waals surface area (Å²) in [6.45, 7) is 2.65. The number of nitrogens with zero attached hydrogens (tertiary/aromatic N) is 2. The van der Waals surface area contributed by atoms with E-state index in [1.54, 1.807) is 17.5 Å². The van der Waals surface area contributed by atoms with Crippen LogP contribution < -0.4 is 10.1 Å². The minimum absolute atomic E-state index is 0.677. The number of nitrogens with one attached hydrogen (secondary N) is 1. The van der Waals surface area contributed by atoms with Crippen molar-refractivity contribution in [2.24, 2.45) is 0 Å². The molecule has 0 aliphatic heterocycles. The van der Waals surface area contributed by atoms with Crippen LogP contribution in [0.4, 0.5) is 10.8 Å². The van der Waals surface area contributed by atoms with Gasteiger partial charge >= 0.3 is 0 Å². The molecule has 0 bridgehead atoms. The molecule has 4 nitrogen and oxygen atoms in total. The number of rotatable bonds is 4. The second kappa shape index (κ2) is 5.24. The van der Waals surface area contributed by atoms with Crippen molar-refractivity contribution >= 4 is 32.5 Å². The normalized spacial score (nSPS) is 10.6. The SMILES string of the molecule is CCOc1ccc(Nc2nc3ncccc3s2)cc1. The number of hydrogen-bond donors (Lipinski definition) is 1. The van der Waals surface area contributed by atoms with Crippen LogP contribution in [0.1, 0.15) is 6.92 Å². The van der Waals surface area contributed by atoms with Gasteiger partial charge in [0.1, 0.15) is 5.75 Å². The molecule has 96 valence electrons.